The molecule has 0 amide bonds. The molecule has 0 bridgehead atoms. The second-order valence-electron chi connectivity index (χ2n) is 8.13. The smallest absolute Gasteiger partial charge is 0.184 e. The Morgan fingerprint density at radius 3 is 1.44 bits per heavy atom. The van der Waals surface area contributed by atoms with Crippen LogP contribution in [0.15, 0.2) is 138 Å². The molecule has 0 fully saturated rings. The van der Waals surface area contributed by atoms with Crippen molar-refractivity contribution in [2.24, 2.45) is 0 Å². The van der Waals surface area contributed by atoms with Crippen molar-refractivity contribution in [1.82, 2.24) is 0 Å². The third kappa shape index (κ3) is 2.77. The van der Waals surface area contributed by atoms with Gasteiger partial charge in [-0.1, -0.05) is 127 Å². The predicted octanol–water partition coefficient (Wildman–Crippen LogP) is 4.96. The third-order valence-electron chi connectivity index (χ3n) is 6.43. The van der Waals surface area contributed by atoms with Gasteiger partial charge in [-0.05, 0) is 26.8 Å². The highest BCUT2D eigenvalue weighted by Gasteiger charge is 2.43. The second kappa shape index (κ2) is 7.67. The first kappa shape index (κ1) is 18.9. The number of furan rings is 1. The van der Waals surface area contributed by atoms with E-state index < -0.39 is 8.07 Å². The van der Waals surface area contributed by atoms with E-state index in [1.165, 1.54) is 31.5 Å². The Morgan fingerprint density at radius 1 is 0.406 bits per heavy atom. The summed E-state index contributed by atoms with van der Waals surface area (Å²) in [5, 5.41) is 7.69. The Balaban J connectivity index is 1.82. The van der Waals surface area contributed by atoms with Gasteiger partial charge in [0.15, 0.2) is 8.07 Å². The summed E-state index contributed by atoms with van der Waals surface area (Å²) >= 11 is 0. The van der Waals surface area contributed by atoms with Gasteiger partial charge in [0.25, 0.3) is 0 Å². The minimum Gasteiger partial charge on any atom is -0.456 e. The molecule has 0 N–H and O–H groups in total. The fourth-order valence-corrected chi connectivity index (χ4v) is 9.96. The summed E-state index contributed by atoms with van der Waals surface area (Å²) in [5.41, 5.74) is 1.93. The lowest BCUT2D eigenvalue weighted by atomic mass is 10.1. The molecule has 0 spiro atoms. The molecule has 1 heterocycles. The zero-order valence-corrected chi connectivity index (χ0v) is 18.6. The average Bonchev–Trinajstić information content (AvgIpc) is 3.26. The molecule has 152 valence electrons. The first-order valence-electron chi connectivity index (χ1n) is 11.0. The molecule has 0 atom stereocenters. The van der Waals surface area contributed by atoms with Crippen LogP contribution in [0.3, 0.4) is 0 Å². The van der Waals surface area contributed by atoms with E-state index in [-0.39, 0.29) is 0 Å². The van der Waals surface area contributed by atoms with Gasteiger partial charge in [-0.25, -0.2) is 0 Å². The van der Waals surface area contributed by atoms with Gasteiger partial charge >= 0.3 is 0 Å². The van der Waals surface area contributed by atoms with E-state index in [0.29, 0.717) is 0 Å². The minimum absolute atomic E-state index is 0.937. The van der Waals surface area contributed by atoms with Crippen LogP contribution in [0.5, 0.6) is 0 Å². The van der Waals surface area contributed by atoms with E-state index in [1.807, 2.05) is 6.07 Å². The molecule has 6 aromatic rings. The fraction of sp³-hybridized carbons (Fsp3) is 0. The fourth-order valence-electron chi connectivity index (χ4n) is 5.07. The zero-order chi connectivity index (χ0) is 21.4. The summed E-state index contributed by atoms with van der Waals surface area (Å²) in [4.78, 5) is 0. The molecule has 1 aromatic heterocycles. The van der Waals surface area contributed by atoms with Gasteiger partial charge in [0.1, 0.15) is 11.2 Å². The number of benzene rings is 5. The largest absolute Gasteiger partial charge is 0.456 e. The topological polar surface area (TPSA) is 13.1 Å². The summed E-state index contributed by atoms with van der Waals surface area (Å²) in [6, 6.07) is 47.9. The van der Waals surface area contributed by atoms with Crippen molar-refractivity contribution in [3.63, 3.8) is 0 Å². The van der Waals surface area contributed by atoms with Crippen molar-refractivity contribution in [2.45, 2.75) is 0 Å². The monoisotopic (exact) mass is 426 g/mol. The maximum absolute atomic E-state index is 6.59. The summed E-state index contributed by atoms with van der Waals surface area (Å²) in [6.07, 6.45) is 0. The predicted molar refractivity (Wildman–Crippen MR) is 137 cm³/mol. The molecule has 6 rings (SSSR count). The van der Waals surface area contributed by atoms with E-state index in [2.05, 4.69) is 127 Å². The lowest BCUT2D eigenvalue weighted by Crippen LogP contribution is -2.74. The van der Waals surface area contributed by atoms with E-state index >= 15 is 0 Å². The van der Waals surface area contributed by atoms with E-state index in [9.17, 15) is 0 Å². The molecule has 0 unspecified atom stereocenters. The summed E-state index contributed by atoms with van der Waals surface area (Å²) in [7, 11) is -2.62. The maximum atomic E-state index is 6.59. The number of para-hydroxylation sites is 2. The van der Waals surface area contributed by atoms with Crippen molar-refractivity contribution in [1.29, 1.82) is 0 Å². The molecule has 0 aliphatic carbocycles. The van der Waals surface area contributed by atoms with Crippen LogP contribution in [0.4, 0.5) is 0 Å². The first-order chi connectivity index (χ1) is 15.9. The highest BCUT2D eigenvalue weighted by molar-refractivity contribution is 7.20. The van der Waals surface area contributed by atoms with Crippen LogP contribution in [-0.2, 0) is 0 Å². The van der Waals surface area contributed by atoms with Crippen LogP contribution in [0.2, 0.25) is 0 Å². The zero-order valence-electron chi connectivity index (χ0n) is 17.6. The normalized spacial score (nSPS) is 11.8. The van der Waals surface area contributed by atoms with Gasteiger partial charge in [0, 0.05) is 10.8 Å². The van der Waals surface area contributed by atoms with Crippen molar-refractivity contribution in [3.05, 3.63) is 133 Å². The Labute approximate surface area is 188 Å². The summed E-state index contributed by atoms with van der Waals surface area (Å²) in [5.74, 6) is 0. The molecule has 32 heavy (non-hydrogen) atoms. The van der Waals surface area contributed by atoms with Crippen molar-refractivity contribution < 1.29 is 4.42 Å². The van der Waals surface area contributed by atoms with Crippen LogP contribution in [0.25, 0.3) is 21.9 Å². The number of rotatable bonds is 4. The standard InChI is InChI=1S/C30H22OSi/c1-4-13-23(14-5-1)32(24-15-6-2-7-16-24,25-17-8-3-9-18-25)29-22-12-20-27-26-19-10-11-21-28(26)31-30(27)29/h1-22H. The lowest BCUT2D eigenvalue weighted by molar-refractivity contribution is 0.671. The molecule has 5 aromatic carbocycles. The van der Waals surface area contributed by atoms with Gasteiger partial charge < -0.3 is 4.42 Å². The highest BCUT2D eigenvalue weighted by Crippen LogP contribution is 2.28. The highest BCUT2D eigenvalue weighted by atomic mass is 28.3. The van der Waals surface area contributed by atoms with Crippen LogP contribution in [0.1, 0.15) is 0 Å². The van der Waals surface area contributed by atoms with Gasteiger partial charge in [0.2, 0.25) is 0 Å². The van der Waals surface area contributed by atoms with Crippen molar-refractivity contribution in [2.75, 3.05) is 0 Å². The van der Waals surface area contributed by atoms with Gasteiger partial charge in [-0.15, -0.1) is 0 Å². The minimum atomic E-state index is -2.62. The number of hydrogen-bond acceptors (Lipinski definition) is 1. The molecule has 1 nitrogen and oxygen atoms in total. The van der Waals surface area contributed by atoms with Crippen LogP contribution < -0.4 is 20.7 Å². The Bertz CT molecular complexity index is 1410. The SMILES string of the molecule is c1ccc([Si](c2ccccc2)(c2ccccc2)c2cccc3c2oc2ccccc23)cc1. The van der Waals surface area contributed by atoms with E-state index in [1.54, 1.807) is 0 Å². The second-order valence-corrected chi connectivity index (χ2v) is 11.9. The summed E-state index contributed by atoms with van der Waals surface area (Å²) in [6.45, 7) is 0. The third-order valence-corrected chi connectivity index (χ3v) is 11.2. The quantitative estimate of drug-likeness (QED) is 0.287. The van der Waals surface area contributed by atoms with Crippen LogP contribution in [0, 0.1) is 0 Å². The Hall–Kier alpha value is -3.88. The summed E-state index contributed by atoms with van der Waals surface area (Å²) < 4.78 is 6.59. The molecule has 2 heteroatoms. The molecule has 0 saturated carbocycles. The Morgan fingerprint density at radius 2 is 0.875 bits per heavy atom. The Kier molecular flexibility index (Phi) is 4.52. The van der Waals surface area contributed by atoms with Gasteiger partial charge in [0.05, 0.1) is 0 Å². The lowest BCUT2D eigenvalue weighted by Gasteiger charge is -2.34. The molecule has 0 aliphatic rings. The van der Waals surface area contributed by atoms with Crippen LogP contribution >= 0.6 is 0 Å². The molecule has 0 aliphatic heterocycles. The van der Waals surface area contributed by atoms with Crippen molar-refractivity contribution in [3.8, 4) is 0 Å². The van der Waals surface area contributed by atoms with E-state index in [0.717, 1.165) is 11.2 Å². The van der Waals surface area contributed by atoms with Gasteiger partial charge in [-0.3, -0.25) is 0 Å². The maximum Gasteiger partial charge on any atom is 0.184 e. The van der Waals surface area contributed by atoms with Crippen molar-refractivity contribution >= 4 is 50.8 Å². The molecule has 0 saturated heterocycles. The number of hydrogen-bond donors (Lipinski definition) is 0. The molecule has 0 radical (unpaired) electrons. The number of fused-ring (bicyclic) bond motifs is 3. The molecular weight excluding hydrogens is 404 g/mol. The van der Waals surface area contributed by atoms with Gasteiger partial charge in [-0.2, -0.15) is 0 Å². The van der Waals surface area contributed by atoms with E-state index in [4.69, 9.17) is 4.42 Å². The molecular formula is C30H22OSi. The van der Waals surface area contributed by atoms with Crippen LogP contribution in [-0.4, -0.2) is 8.07 Å². The average molecular weight is 427 g/mol. The first-order valence-corrected chi connectivity index (χ1v) is 13.0.